The van der Waals surface area contributed by atoms with Gasteiger partial charge in [-0.3, -0.25) is 0 Å². The summed E-state index contributed by atoms with van der Waals surface area (Å²) >= 11 is 0. The second-order valence-electron chi connectivity index (χ2n) is 6.49. The molecule has 0 spiro atoms. The molecular weight excluding hydrogens is 191 g/mol. The molecule has 0 saturated carbocycles. The maximum absolute atomic E-state index is 2.35. The zero-order chi connectivity index (χ0) is 12.3. The first kappa shape index (κ1) is 16.1. The van der Waals surface area contributed by atoms with Gasteiger partial charge in [0.2, 0.25) is 0 Å². The van der Waals surface area contributed by atoms with E-state index >= 15 is 0 Å². The minimum absolute atomic E-state index is 0.542. The Labute approximate surface area is 105 Å². The molecule has 0 radical (unpaired) electrons. The van der Waals surface area contributed by atoms with Crippen LogP contribution in [0.25, 0.3) is 0 Å². The van der Waals surface area contributed by atoms with Crippen LogP contribution in [0.2, 0.25) is 5.31 Å². The van der Waals surface area contributed by atoms with Crippen molar-refractivity contribution in [2.75, 3.05) is 0 Å². The van der Waals surface area contributed by atoms with Crippen LogP contribution in [0.4, 0.5) is 0 Å². The predicted molar refractivity (Wildman–Crippen MR) is 79.0 cm³/mol. The number of rotatable bonds is 11. The SMILES string of the molecule is BC(C)(C)CCCCCCCCCCCC. The lowest BCUT2D eigenvalue weighted by Crippen LogP contribution is -2.01. The van der Waals surface area contributed by atoms with Gasteiger partial charge in [0.25, 0.3) is 0 Å². The van der Waals surface area contributed by atoms with Gasteiger partial charge in [0.15, 0.2) is 0 Å². The van der Waals surface area contributed by atoms with Gasteiger partial charge >= 0.3 is 0 Å². The summed E-state index contributed by atoms with van der Waals surface area (Å²) in [6.45, 7) is 6.98. The average Bonchev–Trinajstić information content (AvgIpc) is 2.19. The van der Waals surface area contributed by atoms with Crippen LogP contribution in [0, 0.1) is 0 Å². The summed E-state index contributed by atoms with van der Waals surface area (Å²) < 4.78 is 0. The van der Waals surface area contributed by atoms with Gasteiger partial charge in [0, 0.05) is 0 Å². The van der Waals surface area contributed by atoms with Gasteiger partial charge < -0.3 is 0 Å². The highest BCUT2D eigenvalue weighted by atomic mass is 14.1. The maximum atomic E-state index is 2.35. The molecule has 0 aliphatic carbocycles. The number of hydrogen-bond donors (Lipinski definition) is 0. The van der Waals surface area contributed by atoms with E-state index in [1.54, 1.807) is 0 Å². The standard InChI is InChI=1S/C15H33B/c1-4-5-6-7-8-9-10-11-12-13-14-15(2,3)16/h4-14,16H2,1-3H3. The highest BCUT2D eigenvalue weighted by molar-refractivity contribution is 6.14. The van der Waals surface area contributed by atoms with Crippen LogP contribution in [0.3, 0.4) is 0 Å². The van der Waals surface area contributed by atoms with E-state index in [1.165, 1.54) is 70.6 Å². The van der Waals surface area contributed by atoms with E-state index in [2.05, 4.69) is 28.6 Å². The van der Waals surface area contributed by atoms with Crippen molar-refractivity contribution >= 4 is 7.85 Å². The average molecular weight is 224 g/mol. The zero-order valence-corrected chi connectivity index (χ0v) is 12.3. The summed E-state index contributed by atoms with van der Waals surface area (Å²) in [6, 6.07) is 0. The molecule has 0 saturated heterocycles. The fourth-order valence-electron chi connectivity index (χ4n) is 2.14. The van der Waals surface area contributed by atoms with Crippen molar-refractivity contribution in [2.45, 2.75) is 96.7 Å². The summed E-state index contributed by atoms with van der Waals surface area (Å²) in [7, 11) is 2.35. The van der Waals surface area contributed by atoms with Gasteiger partial charge in [-0.2, -0.15) is 0 Å². The largest absolute Gasteiger partial charge is 0.108 e. The Morgan fingerprint density at radius 1 is 0.688 bits per heavy atom. The first-order valence-corrected chi connectivity index (χ1v) is 7.56. The van der Waals surface area contributed by atoms with Crippen molar-refractivity contribution < 1.29 is 0 Å². The predicted octanol–water partition coefficient (Wildman–Crippen LogP) is 5.13. The minimum atomic E-state index is 0.542. The van der Waals surface area contributed by atoms with Crippen LogP contribution < -0.4 is 0 Å². The van der Waals surface area contributed by atoms with Crippen LogP contribution in [0.5, 0.6) is 0 Å². The fraction of sp³-hybridized carbons (Fsp3) is 1.00. The molecule has 0 atom stereocenters. The maximum Gasteiger partial charge on any atom is 0.108 e. The first-order valence-electron chi connectivity index (χ1n) is 7.56. The van der Waals surface area contributed by atoms with E-state index in [4.69, 9.17) is 0 Å². The summed E-state index contributed by atoms with van der Waals surface area (Å²) in [5, 5.41) is 0.542. The van der Waals surface area contributed by atoms with Gasteiger partial charge in [0.05, 0.1) is 0 Å². The lowest BCUT2D eigenvalue weighted by molar-refractivity contribution is 0.517. The van der Waals surface area contributed by atoms with E-state index in [-0.39, 0.29) is 0 Å². The molecular formula is C15H33B. The van der Waals surface area contributed by atoms with E-state index in [9.17, 15) is 0 Å². The van der Waals surface area contributed by atoms with E-state index in [0.29, 0.717) is 5.31 Å². The molecule has 96 valence electrons. The Bertz CT molecular complexity index is 135. The van der Waals surface area contributed by atoms with E-state index < -0.39 is 0 Å². The van der Waals surface area contributed by atoms with E-state index in [0.717, 1.165) is 0 Å². The molecule has 16 heavy (non-hydrogen) atoms. The Morgan fingerprint density at radius 2 is 1.06 bits per heavy atom. The Kier molecular flexibility index (Phi) is 10.3. The first-order chi connectivity index (χ1) is 7.56. The van der Waals surface area contributed by atoms with Crippen molar-refractivity contribution in [2.24, 2.45) is 0 Å². The van der Waals surface area contributed by atoms with Crippen molar-refractivity contribution in [1.82, 2.24) is 0 Å². The molecule has 0 rings (SSSR count). The minimum Gasteiger partial charge on any atom is -0.0672 e. The van der Waals surface area contributed by atoms with Crippen LogP contribution in [-0.2, 0) is 0 Å². The zero-order valence-electron chi connectivity index (χ0n) is 12.3. The molecule has 0 aromatic carbocycles. The smallest absolute Gasteiger partial charge is 0.0672 e. The summed E-state index contributed by atoms with van der Waals surface area (Å²) in [5.41, 5.74) is 0. The topological polar surface area (TPSA) is 0 Å². The van der Waals surface area contributed by atoms with E-state index in [1.807, 2.05) is 0 Å². The number of unbranched alkanes of at least 4 members (excludes halogenated alkanes) is 9. The Balaban J connectivity index is 2.99. The summed E-state index contributed by atoms with van der Waals surface area (Å²) in [4.78, 5) is 0. The molecule has 0 aromatic heterocycles. The van der Waals surface area contributed by atoms with Gasteiger partial charge in [-0.15, -0.1) is 0 Å². The van der Waals surface area contributed by atoms with Crippen LogP contribution in [-0.4, -0.2) is 7.85 Å². The normalized spacial score (nSPS) is 11.9. The Hall–Kier alpha value is 0.0649. The molecule has 0 aromatic rings. The molecule has 0 aliphatic heterocycles. The highest BCUT2D eigenvalue weighted by Crippen LogP contribution is 2.26. The van der Waals surface area contributed by atoms with Crippen LogP contribution in [0.1, 0.15) is 91.4 Å². The fourth-order valence-corrected chi connectivity index (χ4v) is 2.14. The third-order valence-electron chi connectivity index (χ3n) is 3.28. The van der Waals surface area contributed by atoms with Crippen molar-refractivity contribution in [3.63, 3.8) is 0 Å². The lowest BCUT2D eigenvalue weighted by Gasteiger charge is -2.17. The van der Waals surface area contributed by atoms with Crippen LogP contribution in [0.15, 0.2) is 0 Å². The van der Waals surface area contributed by atoms with Gasteiger partial charge in [-0.1, -0.05) is 96.7 Å². The highest BCUT2D eigenvalue weighted by Gasteiger charge is 2.08. The molecule has 0 heterocycles. The molecule has 1 heteroatoms. The second-order valence-corrected chi connectivity index (χ2v) is 6.49. The summed E-state index contributed by atoms with van der Waals surface area (Å²) in [6.07, 6.45) is 15.9. The quantitative estimate of drug-likeness (QED) is 0.337. The third kappa shape index (κ3) is 14.1. The molecule has 0 amide bonds. The molecule has 0 aliphatic rings. The van der Waals surface area contributed by atoms with Gasteiger partial charge in [0.1, 0.15) is 7.85 Å². The molecule has 0 fully saturated rings. The lowest BCUT2D eigenvalue weighted by atomic mass is 9.69. The van der Waals surface area contributed by atoms with Gasteiger partial charge in [-0.05, 0) is 0 Å². The molecule has 0 bridgehead atoms. The van der Waals surface area contributed by atoms with Gasteiger partial charge in [-0.25, -0.2) is 0 Å². The Morgan fingerprint density at radius 3 is 1.44 bits per heavy atom. The van der Waals surface area contributed by atoms with Crippen LogP contribution >= 0.6 is 0 Å². The monoisotopic (exact) mass is 224 g/mol. The van der Waals surface area contributed by atoms with Crippen molar-refractivity contribution in [1.29, 1.82) is 0 Å². The van der Waals surface area contributed by atoms with Crippen molar-refractivity contribution in [3.8, 4) is 0 Å². The second kappa shape index (κ2) is 10.2. The van der Waals surface area contributed by atoms with Crippen molar-refractivity contribution in [3.05, 3.63) is 0 Å². The molecule has 0 unspecified atom stereocenters. The molecule has 0 nitrogen and oxygen atoms in total. The summed E-state index contributed by atoms with van der Waals surface area (Å²) in [5.74, 6) is 0. The number of hydrogen-bond acceptors (Lipinski definition) is 0. The third-order valence-corrected chi connectivity index (χ3v) is 3.28. The molecule has 0 N–H and O–H groups in total.